The molecule has 1 aliphatic rings. The van der Waals surface area contributed by atoms with Crippen molar-refractivity contribution in [2.75, 3.05) is 13.7 Å². The van der Waals surface area contributed by atoms with E-state index < -0.39 is 19.0 Å². The molecule has 1 heterocycles. The molecular weight excluding hydrogens is 361 g/mol. The molecule has 9 nitrogen and oxygen atoms in total. The van der Waals surface area contributed by atoms with E-state index in [1.54, 1.807) is 13.0 Å². The van der Waals surface area contributed by atoms with Crippen LogP contribution in [-0.4, -0.2) is 54.1 Å². The van der Waals surface area contributed by atoms with Gasteiger partial charge in [0.15, 0.2) is 5.17 Å². The monoisotopic (exact) mass is 377 g/mol. The van der Waals surface area contributed by atoms with Gasteiger partial charge in [0.2, 0.25) is 0 Å². The molecule has 1 fully saturated rings. The fourth-order valence-corrected chi connectivity index (χ4v) is 2.65. The van der Waals surface area contributed by atoms with Gasteiger partial charge in [0.1, 0.15) is 5.75 Å². The zero-order valence-electron chi connectivity index (χ0n) is 14.0. The molecule has 0 saturated carbocycles. The number of nitrogens with one attached hydrogen (secondary N) is 1. The van der Waals surface area contributed by atoms with Crippen molar-refractivity contribution >= 4 is 47.6 Å². The van der Waals surface area contributed by atoms with Crippen LogP contribution in [0.2, 0.25) is 0 Å². The molecule has 0 spiro atoms. The number of ether oxygens (including phenoxy) is 2. The topological polar surface area (TPSA) is 130 Å². The molecule has 26 heavy (non-hydrogen) atoms. The van der Waals surface area contributed by atoms with Crippen molar-refractivity contribution in [1.29, 1.82) is 0 Å². The summed E-state index contributed by atoms with van der Waals surface area (Å²) in [6, 6.07) is 4.68. The van der Waals surface area contributed by atoms with E-state index in [0.717, 1.165) is 17.8 Å². The molecule has 0 bridgehead atoms. The minimum absolute atomic E-state index is 0.148. The minimum Gasteiger partial charge on any atom is -0.494 e. The molecule has 0 unspecified atom stereocenters. The predicted octanol–water partition coefficient (Wildman–Crippen LogP) is -0.625. The van der Waals surface area contributed by atoms with Gasteiger partial charge >= 0.3 is 13.1 Å². The molecule has 1 aromatic rings. The van der Waals surface area contributed by atoms with E-state index in [0.29, 0.717) is 17.9 Å². The molecule has 0 atom stereocenters. The second kappa shape index (κ2) is 9.18. The van der Waals surface area contributed by atoms with Crippen LogP contribution in [0.5, 0.6) is 5.75 Å². The number of esters is 1. The Balaban J connectivity index is 2.15. The van der Waals surface area contributed by atoms with E-state index in [1.165, 1.54) is 25.5 Å². The number of nitrogens with zero attached hydrogens (tertiary/aromatic N) is 2. The van der Waals surface area contributed by atoms with Crippen molar-refractivity contribution in [2.24, 2.45) is 10.2 Å². The van der Waals surface area contributed by atoms with Gasteiger partial charge in [-0.25, -0.2) is 4.79 Å². The van der Waals surface area contributed by atoms with E-state index in [-0.39, 0.29) is 15.5 Å². The van der Waals surface area contributed by atoms with Gasteiger partial charge < -0.3 is 19.5 Å². The number of thioether (sulfide) groups is 1. The van der Waals surface area contributed by atoms with Gasteiger partial charge in [-0.15, -0.1) is 5.10 Å². The maximum atomic E-state index is 11.7. The van der Waals surface area contributed by atoms with Crippen LogP contribution in [0.4, 0.5) is 0 Å². The maximum Gasteiger partial charge on any atom is 0.488 e. The van der Waals surface area contributed by atoms with Crippen LogP contribution >= 0.6 is 11.8 Å². The van der Waals surface area contributed by atoms with Crippen molar-refractivity contribution in [3.05, 3.63) is 34.7 Å². The van der Waals surface area contributed by atoms with Gasteiger partial charge in [0.25, 0.3) is 5.91 Å². The highest BCUT2D eigenvalue weighted by Gasteiger charge is 2.25. The number of methoxy groups -OCH3 is 1. The smallest absolute Gasteiger partial charge is 0.488 e. The Morgan fingerprint density at radius 3 is 2.81 bits per heavy atom. The number of hydrogen-bond donors (Lipinski definition) is 3. The molecule has 2 rings (SSSR count). The maximum absolute atomic E-state index is 11.7. The number of amides is 1. The lowest BCUT2D eigenvalue weighted by molar-refractivity contribution is -0.135. The first-order valence-corrected chi connectivity index (χ1v) is 8.28. The van der Waals surface area contributed by atoms with E-state index >= 15 is 0 Å². The van der Waals surface area contributed by atoms with Gasteiger partial charge in [-0.3, -0.25) is 10.1 Å². The van der Waals surface area contributed by atoms with E-state index in [1.807, 2.05) is 0 Å². The number of carbonyl (C=O) groups is 2. The van der Waals surface area contributed by atoms with Crippen LogP contribution in [0.25, 0.3) is 0 Å². The highest BCUT2D eigenvalue weighted by Crippen LogP contribution is 2.23. The molecule has 1 aliphatic heterocycles. The average Bonchev–Trinajstić information content (AvgIpc) is 2.94. The Morgan fingerprint density at radius 2 is 2.15 bits per heavy atom. The first kappa shape index (κ1) is 19.7. The quantitative estimate of drug-likeness (QED) is 0.198. The largest absolute Gasteiger partial charge is 0.494 e. The summed E-state index contributed by atoms with van der Waals surface area (Å²) < 4.78 is 9.83. The molecule has 11 heteroatoms. The lowest BCUT2D eigenvalue weighted by Crippen LogP contribution is -2.30. The zero-order valence-corrected chi connectivity index (χ0v) is 14.8. The van der Waals surface area contributed by atoms with Gasteiger partial charge in [-0.05, 0) is 41.8 Å². The summed E-state index contributed by atoms with van der Waals surface area (Å²) in [6.45, 7) is 2.23. The molecule has 136 valence electrons. The summed E-state index contributed by atoms with van der Waals surface area (Å²) in [4.78, 5) is 23.0. The molecule has 0 radical (unpaired) electrons. The minimum atomic E-state index is -1.65. The second-order valence-corrected chi connectivity index (χ2v) is 5.91. The molecule has 0 aromatic heterocycles. The van der Waals surface area contributed by atoms with E-state index in [4.69, 9.17) is 4.74 Å². The van der Waals surface area contributed by atoms with Crippen LogP contribution in [-0.2, 0) is 14.3 Å². The van der Waals surface area contributed by atoms with Crippen molar-refractivity contribution in [3.8, 4) is 5.75 Å². The molecule has 1 saturated heterocycles. The highest BCUT2D eigenvalue weighted by molar-refractivity contribution is 8.18. The van der Waals surface area contributed by atoms with Gasteiger partial charge in [0, 0.05) is 6.08 Å². The first-order chi connectivity index (χ1) is 12.4. The number of benzene rings is 1. The van der Waals surface area contributed by atoms with Gasteiger partial charge in [-0.2, -0.15) is 5.10 Å². The first-order valence-electron chi connectivity index (χ1n) is 7.46. The molecule has 1 amide bonds. The Hall–Kier alpha value is -2.63. The Bertz CT molecular complexity index is 794. The third-order valence-corrected chi connectivity index (χ3v) is 3.92. The lowest BCUT2D eigenvalue weighted by atomic mass is 9.79. The Labute approximate surface area is 153 Å². The third kappa shape index (κ3) is 5.44. The predicted molar refractivity (Wildman–Crippen MR) is 98.3 cm³/mol. The zero-order chi connectivity index (χ0) is 19.1. The molecule has 1 aromatic carbocycles. The van der Waals surface area contributed by atoms with Gasteiger partial charge in [0.05, 0.1) is 24.8 Å². The van der Waals surface area contributed by atoms with Crippen LogP contribution in [0.3, 0.4) is 0 Å². The molecular formula is C15H16BN3O6S. The van der Waals surface area contributed by atoms with Crippen LogP contribution in [0.15, 0.2) is 39.4 Å². The summed E-state index contributed by atoms with van der Waals surface area (Å²) in [5.74, 6) is -0.660. The Kier molecular flexibility index (Phi) is 6.95. The van der Waals surface area contributed by atoms with Gasteiger partial charge in [-0.1, -0.05) is 6.07 Å². The summed E-state index contributed by atoms with van der Waals surface area (Å²) in [7, 11) is -0.436. The SMILES string of the molecule is CCOc1cc(C=N/N=C2/NC(=O)/C(=C\C(=O)OC)S2)cc(B(O)O)c1. The summed E-state index contributed by atoms with van der Waals surface area (Å²) in [6.07, 6.45) is 2.43. The number of amidine groups is 1. The summed E-state index contributed by atoms with van der Waals surface area (Å²) >= 11 is 0.948. The second-order valence-electron chi connectivity index (χ2n) is 4.88. The summed E-state index contributed by atoms with van der Waals surface area (Å²) in [5, 5.41) is 29.0. The van der Waals surface area contributed by atoms with E-state index in [9.17, 15) is 19.6 Å². The van der Waals surface area contributed by atoms with Crippen LogP contribution in [0.1, 0.15) is 12.5 Å². The van der Waals surface area contributed by atoms with Crippen molar-refractivity contribution < 1.29 is 29.1 Å². The molecule has 3 N–H and O–H groups in total. The fraction of sp³-hybridized carbons (Fsp3) is 0.200. The number of hydrogen-bond acceptors (Lipinski definition) is 9. The van der Waals surface area contributed by atoms with Crippen LogP contribution < -0.4 is 15.5 Å². The number of carbonyl (C=O) groups excluding carboxylic acids is 2. The highest BCUT2D eigenvalue weighted by atomic mass is 32.2. The summed E-state index contributed by atoms with van der Waals surface area (Å²) in [5.41, 5.74) is 0.778. The number of rotatable bonds is 6. The van der Waals surface area contributed by atoms with E-state index in [2.05, 4.69) is 20.3 Å². The third-order valence-electron chi connectivity index (χ3n) is 3.02. The normalized spacial score (nSPS) is 17.0. The lowest BCUT2D eigenvalue weighted by Gasteiger charge is -2.07. The van der Waals surface area contributed by atoms with Crippen LogP contribution in [0, 0.1) is 0 Å². The molecule has 0 aliphatic carbocycles. The Morgan fingerprint density at radius 1 is 1.38 bits per heavy atom. The van der Waals surface area contributed by atoms with Crippen molar-refractivity contribution in [3.63, 3.8) is 0 Å². The van der Waals surface area contributed by atoms with Crippen molar-refractivity contribution in [2.45, 2.75) is 6.92 Å². The average molecular weight is 377 g/mol. The van der Waals surface area contributed by atoms with Crippen molar-refractivity contribution in [1.82, 2.24) is 5.32 Å². The standard InChI is InChI=1S/C15H16BN3O6S/c1-3-25-11-5-9(4-10(6-11)16(22)23)8-17-19-15-18-14(21)12(26-15)7-13(20)24-2/h4-8,22-23H,3H2,1-2H3,(H,18,19,21)/b12-7+,17-8?. The fourth-order valence-electron chi connectivity index (χ4n) is 1.91.